The van der Waals surface area contributed by atoms with Gasteiger partial charge in [0.25, 0.3) is 0 Å². The number of aldehydes is 1. The summed E-state index contributed by atoms with van der Waals surface area (Å²) >= 11 is 1.51. The summed E-state index contributed by atoms with van der Waals surface area (Å²) in [4.78, 5) is 30.8. The Morgan fingerprint density at radius 1 is 1.50 bits per heavy atom. The van der Waals surface area contributed by atoms with Crippen molar-refractivity contribution in [1.29, 1.82) is 0 Å². The number of anilines is 1. The fourth-order valence-electron chi connectivity index (χ4n) is 3.33. The second kappa shape index (κ2) is 4.31. The number of hydrogen-bond donors (Lipinski definition) is 1. The summed E-state index contributed by atoms with van der Waals surface area (Å²) in [6, 6.07) is 0.125. The predicted octanol–water partition coefficient (Wildman–Crippen LogP) is 0.923. The molecule has 2 unspecified atom stereocenters. The third kappa shape index (κ3) is 1.53. The molecule has 1 N–H and O–H groups in total. The first kappa shape index (κ1) is 11.9. The Bertz CT molecular complexity index is 692. The molecular formula is C13H14N4O2S. The lowest BCUT2D eigenvalue weighted by Gasteiger charge is -2.36. The molecule has 0 aromatic carbocycles. The van der Waals surface area contributed by atoms with Gasteiger partial charge in [0.15, 0.2) is 17.1 Å². The third-order valence-corrected chi connectivity index (χ3v) is 5.02. The van der Waals surface area contributed by atoms with Gasteiger partial charge in [0.1, 0.15) is 5.69 Å². The molecule has 0 spiro atoms. The molecule has 2 atom stereocenters. The zero-order valence-electron chi connectivity index (χ0n) is 10.8. The topological polar surface area (TPSA) is 66.7 Å². The van der Waals surface area contributed by atoms with Gasteiger partial charge in [-0.25, -0.2) is 4.98 Å². The first-order valence-corrected chi connectivity index (χ1v) is 7.62. The number of aromatic nitrogens is 2. The molecule has 0 radical (unpaired) electrons. The van der Waals surface area contributed by atoms with Gasteiger partial charge in [-0.2, -0.15) is 0 Å². The van der Waals surface area contributed by atoms with E-state index < -0.39 is 0 Å². The number of amides is 1. The molecule has 2 saturated heterocycles. The lowest BCUT2D eigenvalue weighted by Crippen LogP contribution is -2.46. The van der Waals surface area contributed by atoms with Crippen LogP contribution in [0.3, 0.4) is 0 Å². The molecule has 0 aliphatic carbocycles. The fourth-order valence-corrected chi connectivity index (χ4v) is 4.04. The average molecular weight is 290 g/mol. The number of nitrogens with one attached hydrogen (secondary N) is 1. The van der Waals surface area contributed by atoms with Crippen LogP contribution in [0, 0.1) is 5.92 Å². The Kier molecular flexibility index (Phi) is 2.56. The Balaban J connectivity index is 1.79. The van der Waals surface area contributed by atoms with Crippen LogP contribution in [-0.2, 0) is 4.79 Å². The smallest absolute Gasteiger partial charge is 0.225 e. The van der Waals surface area contributed by atoms with Crippen LogP contribution < -0.4 is 10.2 Å². The van der Waals surface area contributed by atoms with Gasteiger partial charge in [0.05, 0.1) is 12.0 Å². The first-order chi connectivity index (χ1) is 9.79. The lowest BCUT2D eigenvalue weighted by molar-refractivity contribution is -0.123. The molecule has 2 aliphatic heterocycles. The second-order valence-electron chi connectivity index (χ2n) is 5.25. The Hall–Kier alpha value is -1.89. The van der Waals surface area contributed by atoms with E-state index in [0.717, 1.165) is 36.5 Å². The van der Waals surface area contributed by atoms with Crippen molar-refractivity contribution in [1.82, 2.24) is 14.7 Å². The Morgan fingerprint density at radius 2 is 2.40 bits per heavy atom. The minimum absolute atomic E-state index is 0.0305. The SMILES string of the molecule is O=Cc1c(N2CCCC3C(=O)NCC32)nc2sccn12. The predicted molar refractivity (Wildman–Crippen MR) is 75.3 cm³/mol. The third-order valence-electron chi connectivity index (χ3n) is 4.26. The highest BCUT2D eigenvalue weighted by molar-refractivity contribution is 7.15. The van der Waals surface area contributed by atoms with Crippen LogP contribution in [0.15, 0.2) is 11.6 Å². The van der Waals surface area contributed by atoms with Crippen molar-refractivity contribution in [2.45, 2.75) is 18.9 Å². The summed E-state index contributed by atoms with van der Waals surface area (Å²) in [6.07, 6.45) is 4.60. The van der Waals surface area contributed by atoms with E-state index in [2.05, 4.69) is 15.2 Å². The van der Waals surface area contributed by atoms with E-state index in [4.69, 9.17) is 0 Å². The summed E-state index contributed by atoms with van der Waals surface area (Å²) in [5.74, 6) is 0.884. The number of thiazole rings is 1. The number of carbonyl (C=O) groups is 2. The van der Waals surface area contributed by atoms with E-state index in [1.54, 1.807) is 0 Å². The van der Waals surface area contributed by atoms with Crippen LogP contribution >= 0.6 is 11.3 Å². The van der Waals surface area contributed by atoms with Crippen molar-refractivity contribution in [2.24, 2.45) is 5.92 Å². The highest BCUT2D eigenvalue weighted by Crippen LogP contribution is 2.33. The summed E-state index contributed by atoms with van der Waals surface area (Å²) in [6.45, 7) is 1.49. The molecule has 2 fully saturated rings. The quantitative estimate of drug-likeness (QED) is 0.835. The van der Waals surface area contributed by atoms with Crippen LogP contribution in [0.1, 0.15) is 23.3 Å². The lowest BCUT2D eigenvalue weighted by atomic mass is 9.91. The van der Waals surface area contributed by atoms with Gasteiger partial charge in [-0.15, -0.1) is 11.3 Å². The minimum Gasteiger partial charge on any atom is -0.354 e. The van der Waals surface area contributed by atoms with Gasteiger partial charge in [0, 0.05) is 24.7 Å². The van der Waals surface area contributed by atoms with E-state index >= 15 is 0 Å². The molecule has 20 heavy (non-hydrogen) atoms. The second-order valence-corrected chi connectivity index (χ2v) is 6.12. The number of piperidine rings is 1. The molecule has 7 heteroatoms. The zero-order chi connectivity index (χ0) is 13.7. The van der Waals surface area contributed by atoms with Gasteiger partial charge >= 0.3 is 0 Å². The van der Waals surface area contributed by atoms with E-state index in [0.29, 0.717) is 12.2 Å². The standard InChI is InChI=1S/C13H14N4O2S/c18-7-10-11(15-13-17(10)4-5-20-13)16-3-1-2-8-9(16)6-14-12(8)19/h4-5,7-9H,1-3,6H2,(H,14,19). The number of fused-ring (bicyclic) bond motifs is 2. The highest BCUT2D eigenvalue weighted by atomic mass is 32.1. The number of hydrogen-bond acceptors (Lipinski definition) is 5. The van der Waals surface area contributed by atoms with Gasteiger partial charge < -0.3 is 10.2 Å². The Morgan fingerprint density at radius 3 is 3.25 bits per heavy atom. The first-order valence-electron chi connectivity index (χ1n) is 6.74. The van der Waals surface area contributed by atoms with Crippen molar-refractivity contribution in [3.63, 3.8) is 0 Å². The number of imidazole rings is 1. The maximum atomic E-state index is 11.8. The molecule has 2 aromatic heterocycles. The molecule has 1 amide bonds. The van der Waals surface area contributed by atoms with Gasteiger partial charge in [-0.1, -0.05) is 0 Å². The van der Waals surface area contributed by atoms with Crippen LogP contribution in [-0.4, -0.2) is 40.7 Å². The molecule has 6 nitrogen and oxygen atoms in total. The minimum atomic E-state index is 0.0305. The monoisotopic (exact) mass is 290 g/mol. The summed E-state index contributed by atoms with van der Waals surface area (Å²) in [5.41, 5.74) is 0.584. The van der Waals surface area contributed by atoms with Crippen LogP contribution in [0.2, 0.25) is 0 Å². The highest BCUT2D eigenvalue weighted by Gasteiger charge is 2.42. The molecule has 0 saturated carbocycles. The van der Waals surface area contributed by atoms with Crippen molar-refractivity contribution >= 4 is 34.3 Å². The molecule has 0 bridgehead atoms. The summed E-state index contributed by atoms with van der Waals surface area (Å²) in [5, 5.41) is 4.84. The molecule has 2 aliphatic rings. The van der Waals surface area contributed by atoms with E-state index in [1.165, 1.54) is 11.3 Å². The van der Waals surface area contributed by atoms with Crippen LogP contribution in [0.25, 0.3) is 4.96 Å². The van der Waals surface area contributed by atoms with E-state index in [1.807, 2.05) is 16.0 Å². The van der Waals surface area contributed by atoms with Crippen LogP contribution in [0.5, 0.6) is 0 Å². The number of carbonyl (C=O) groups excluding carboxylic acids is 2. The van der Waals surface area contributed by atoms with Crippen molar-refractivity contribution < 1.29 is 9.59 Å². The average Bonchev–Trinajstić information content (AvgIpc) is 3.12. The fraction of sp³-hybridized carbons (Fsp3) is 0.462. The largest absolute Gasteiger partial charge is 0.354 e. The Labute approximate surface area is 119 Å². The maximum absolute atomic E-state index is 11.8. The normalized spacial score (nSPS) is 25.8. The van der Waals surface area contributed by atoms with Crippen molar-refractivity contribution in [3.8, 4) is 0 Å². The number of rotatable bonds is 2. The van der Waals surface area contributed by atoms with E-state index in [9.17, 15) is 9.59 Å². The molecule has 104 valence electrons. The maximum Gasteiger partial charge on any atom is 0.225 e. The van der Waals surface area contributed by atoms with Gasteiger partial charge in [-0.05, 0) is 12.8 Å². The molecule has 4 heterocycles. The molecule has 2 aromatic rings. The van der Waals surface area contributed by atoms with E-state index in [-0.39, 0.29) is 17.9 Å². The summed E-state index contributed by atoms with van der Waals surface area (Å²) < 4.78 is 1.82. The van der Waals surface area contributed by atoms with Gasteiger partial charge in [-0.3, -0.25) is 14.0 Å². The summed E-state index contributed by atoms with van der Waals surface area (Å²) in [7, 11) is 0. The van der Waals surface area contributed by atoms with Crippen LogP contribution in [0.4, 0.5) is 5.82 Å². The van der Waals surface area contributed by atoms with Gasteiger partial charge in [0.2, 0.25) is 5.91 Å². The van der Waals surface area contributed by atoms with Crippen molar-refractivity contribution in [2.75, 3.05) is 18.0 Å². The number of nitrogens with zero attached hydrogens (tertiary/aromatic N) is 3. The molecule has 4 rings (SSSR count). The molecular weight excluding hydrogens is 276 g/mol. The zero-order valence-corrected chi connectivity index (χ0v) is 11.6. The van der Waals surface area contributed by atoms with Crippen molar-refractivity contribution in [3.05, 3.63) is 17.3 Å².